The molecule has 3 heterocycles. The van der Waals surface area contributed by atoms with E-state index in [1.807, 2.05) is 91.3 Å². The molecule has 0 bridgehead atoms. The van der Waals surface area contributed by atoms with Crippen molar-refractivity contribution in [3.05, 3.63) is 95.7 Å². The summed E-state index contributed by atoms with van der Waals surface area (Å²) in [5.41, 5.74) is 4.96. The number of H-pyrrole nitrogens is 1. The highest BCUT2D eigenvalue weighted by atomic mass is 16.5. The summed E-state index contributed by atoms with van der Waals surface area (Å²) >= 11 is 0. The molecule has 0 radical (unpaired) electrons. The van der Waals surface area contributed by atoms with Crippen molar-refractivity contribution in [3.63, 3.8) is 0 Å². The number of aliphatic imine (C=N–C) groups is 1. The van der Waals surface area contributed by atoms with Crippen LogP contribution < -0.4 is 9.47 Å². The number of benzene rings is 3. The SMILES string of the molecule is COc1ccc(Cn2c(O)c(C3=CC(c4c[nH]c5ccc(OC(C)C)cc45)=NC3=O)c3ccccc32)cc1. The number of fused-ring (bicyclic) bond motifs is 2. The van der Waals surface area contributed by atoms with Crippen LogP contribution in [0, 0.1) is 0 Å². The van der Waals surface area contributed by atoms with Gasteiger partial charge in [-0.2, -0.15) is 0 Å². The van der Waals surface area contributed by atoms with Crippen LogP contribution in [0.4, 0.5) is 0 Å². The van der Waals surface area contributed by atoms with E-state index < -0.39 is 0 Å². The lowest BCUT2D eigenvalue weighted by molar-refractivity contribution is -0.112. The minimum Gasteiger partial charge on any atom is -0.497 e. The fraction of sp³-hybridized carbons (Fsp3) is 0.161. The third kappa shape index (κ3) is 4.02. The van der Waals surface area contributed by atoms with Crippen molar-refractivity contribution >= 4 is 39.0 Å². The molecule has 38 heavy (non-hydrogen) atoms. The maximum absolute atomic E-state index is 13.2. The van der Waals surface area contributed by atoms with Crippen LogP contribution in [0.1, 0.15) is 30.5 Å². The molecule has 0 unspecified atom stereocenters. The molecule has 7 nitrogen and oxygen atoms in total. The first-order chi connectivity index (χ1) is 18.4. The van der Waals surface area contributed by atoms with Gasteiger partial charge in [0, 0.05) is 28.0 Å². The van der Waals surface area contributed by atoms with Gasteiger partial charge in [0.2, 0.25) is 5.88 Å². The van der Waals surface area contributed by atoms with Gasteiger partial charge in [0.25, 0.3) is 5.91 Å². The first-order valence-corrected chi connectivity index (χ1v) is 12.5. The monoisotopic (exact) mass is 505 g/mol. The van der Waals surface area contributed by atoms with Gasteiger partial charge in [0.15, 0.2) is 0 Å². The van der Waals surface area contributed by atoms with Gasteiger partial charge in [-0.15, -0.1) is 0 Å². The zero-order valence-corrected chi connectivity index (χ0v) is 21.4. The second kappa shape index (κ2) is 9.27. The van der Waals surface area contributed by atoms with E-state index in [0.29, 0.717) is 23.4 Å². The number of methoxy groups -OCH3 is 1. The fourth-order valence-electron chi connectivity index (χ4n) is 5.00. The van der Waals surface area contributed by atoms with E-state index in [9.17, 15) is 9.90 Å². The molecule has 5 aromatic rings. The van der Waals surface area contributed by atoms with Crippen molar-refractivity contribution in [2.45, 2.75) is 26.5 Å². The number of aromatic amines is 1. The van der Waals surface area contributed by atoms with Gasteiger partial charge in [0.1, 0.15) is 11.5 Å². The molecule has 1 amide bonds. The lowest BCUT2D eigenvalue weighted by Gasteiger charge is -2.09. The van der Waals surface area contributed by atoms with Crippen LogP contribution >= 0.6 is 0 Å². The maximum Gasteiger partial charge on any atom is 0.278 e. The van der Waals surface area contributed by atoms with Crippen LogP contribution in [0.3, 0.4) is 0 Å². The number of nitrogens with one attached hydrogen (secondary N) is 1. The lowest BCUT2D eigenvalue weighted by Crippen LogP contribution is -2.05. The van der Waals surface area contributed by atoms with Crippen molar-refractivity contribution in [2.24, 2.45) is 4.99 Å². The predicted molar refractivity (Wildman–Crippen MR) is 149 cm³/mol. The Morgan fingerprint density at radius 2 is 1.76 bits per heavy atom. The number of hydrogen-bond donors (Lipinski definition) is 2. The number of aromatic hydroxyl groups is 1. The van der Waals surface area contributed by atoms with Crippen molar-refractivity contribution in [1.82, 2.24) is 9.55 Å². The molecule has 6 rings (SSSR count). The zero-order chi connectivity index (χ0) is 26.4. The molecule has 2 N–H and O–H groups in total. The van der Waals surface area contributed by atoms with E-state index in [1.165, 1.54) is 0 Å². The van der Waals surface area contributed by atoms with Gasteiger partial charge in [-0.3, -0.25) is 4.79 Å². The van der Waals surface area contributed by atoms with Crippen LogP contribution in [0.2, 0.25) is 0 Å². The summed E-state index contributed by atoms with van der Waals surface area (Å²) in [7, 11) is 1.63. The summed E-state index contributed by atoms with van der Waals surface area (Å²) in [5.74, 6) is 1.17. The Labute approximate surface area is 219 Å². The molecule has 2 aromatic heterocycles. The number of carbonyl (C=O) groups excluding carboxylic acids is 1. The topological polar surface area (TPSA) is 88.8 Å². The Morgan fingerprint density at radius 3 is 2.53 bits per heavy atom. The van der Waals surface area contributed by atoms with E-state index >= 15 is 0 Å². The number of amides is 1. The van der Waals surface area contributed by atoms with Gasteiger partial charge in [-0.25, -0.2) is 4.99 Å². The Morgan fingerprint density at radius 1 is 1.00 bits per heavy atom. The molecule has 1 aliphatic rings. The molecule has 0 spiro atoms. The number of allylic oxidation sites excluding steroid dienone is 1. The summed E-state index contributed by atoms with van der Waals surface area (Å²) in [4.78, 5) is 20.9. The molecule has 7 heteroatoms. The fourth-order valence-corrected chi connectivity index (χ4v) is 5.00. The molecular weight excluding hydrogens is 478 g/mol. The number of hydrogen-bond acceptors (Lipinski definition) is 4. The average molecular weight is 506 g/mol. The van der Waals surface area contributed by atoms with Crippen LogP contribution in [0.25, 0.3) is 27.4 Å². The summed E-state index contributed by atoms with van der Waals surface area (Å²) < 4.78 is 13.0. The summed E-state index contributed by atoms with van der Waals surface area (Å²) in [6.45, 7) is 4.40. The van der Waals surface area contributed by atoms with Gasteiger partial charge in [-0.05, 0) is 61.9 Å². The third-order valence-corrected chi connectivity index (χ3v) is 6.75. The maximum atomic E-state index is 13.2. The van der Waals surface area contributed by atoms with Crippen LogP contribution in [0.5, 0.6) is 17.4 Å². The zero-order valence-electron chi connectivity index (χ0n) is 21.4. The highest BCUT2D eigenvalue weighted by Gasteiger charge is 2.28. The molecule has 190 valence electrons. The van der Waals surface area contributed by atoms with E-state index in [-0.39, 0.29) is 17.9 Å². The first kappa shape index (κ1) is 23.6. The summed E-state index contributed by atoms with van der Waals surface area (Å²) in [6.07, 6.45) is 3.66. The molecule has 0 saturated heterocycles. The van der Waals surface area contributed by atoms with Crippen LogP contribution in [-0.2, 0) is 11.3 Å². The Hall–Kier alpha value is -4.78. The Balaban J connectivity index is 1.42. The number of para-hydroxylation sites is 1. The number of rotatable bonds is 7. The molecule has 0 fully saturated rings. The molecule has 0 aliphatic carbocycles. The lowest BCUT2D eigenvalue weighted by atomic mass is 10.0. The van der Waals surface area contributed by atoms with E-state index in [4.69, 9.17) is 9.47 Å². The summed E-state index contributed by atoms with van der Waals surface area (Å²) in [5, 5.41) is 13.1. The van der Waals surface area contributed by atoms with Gasteiger partial charge >= 0.3 is 0 Å². The van der Waals surface area contributed by atoms with E-state index in [0.717, 1.165) is 44.4 Å². The van der Waals surface area contributed by atoms with Crippen molar-refractivity contribution < 1.29 is 19.4 Å². The second-order valence-corrected chi connectivity index (χ2v) is 9.59. The number of aromatic nitrogens is 2. The normalized spacial score (nSPS) is 13.4. The quantitative estimate of drug-likeness (QED) is 0.280. The van der Waals surface area contributed by atoms with Crippen LogP contribution in [0.15, 0.2) is 84.0 Å². The first-order valence-electron chi connectivity index (χ1n) is 12.5. The second-order valence-electron chi connectivity index (χ2n) is 9.59. The largest absolute Gasteiger partial charge is 0.497 e. The molecular formula is C31H27N3O4. The number of nitrogens with zero attached hydrogens (tertiary/aromatic N) is 2. The smallest absolute Gasteiger partial charge is 0.278 e. The summed E-state index contributed by atoms with van der Waals surface area (Å²) in [6, 6.07) is 21.2. The predicted octanol–water partition coefficient (Wildman–Crippen LogP) is 6.09. The van der Waals surface area contributed by atoms with Crippen LogP contribution in [-0.4, -0.2) is 39.5 Å². The average Bonchev–Trinajstić information content (AvgIpc) is 3.58. The Bertz CT molecular complexity index is 1750. The van der Waals surface area contributed by atoms with E-state index in [1.54, 1.807) is 13.2 Å². The van der Waals surface area contributed by atoms with E-state index in [2.05, 4.69) is 9.98 Å². The van der Waals surface area contributed by atoms with Gasteiger partial charge in [-0.1, -0.05) is 30.3 Å². The highest BCUT2D eigenvalue weighted by Crippen LogP contribution is 2.39. The Kier molecular flexibility index (Phi) is 5.76. The minimum absolute atomic E-state index is 0.0321. The van der Waals surface area contributed by atoms with Crippen molar-refractivity contribution in [1.29, 1.82) is 0 Å². The van der Waals surface area contributed by atoms with Crippen molar-refractivity contribution in [3.8, 4) is 17.4 Å². The third-order valence-electron chi connectivity index (χ3n) is 6.75. The minimum atomic E-state index is -0.383. The van der Waals surface area contributed by atoms with Crippen molar-refractivity contribution in [2.75, 3.05) is 7.11 Å². The standard InChI is InChI=1S/C31H27N3O4/c1-18(2)38-21-12-13-26-23(14-21)25(16-32-26)27-15-24(30(35)33-27)29-22-6-4-5-7-28(22)34(31(29)36)17-19-8-10-20(37-3)11-9-19/h4-16,18,32,36H,17H2,1-3H3. The molecule has 0 atom stereocenters. The molecule has 1 aliphatic heterocycles. The number of ether oxygens (including phenoxy) is 2. The highest BCUT2D eigenvalue weighted by molar-refractivity contribution is 6.39. The van der Waals surface area contributed by atoms with Gasteiger partial charge in [0.05, 0.1) is 42.1 Å². The molecule has 0 saturated carbocycles. The molecule has 3 aromatic carbocycles. The number of carbonyl (C=O) groups is 1. The van der Waals surface area contributed by atoms with Gasteiger partial charge < -0.3 is 24.1 Å².